The maximum Gasteiger partial charge on any atom is 0.305 e. The Kier molecular flexibility index (Phi) is 6.91. The number of unbranched alkanes of at least 4 members (excludes halogenated alkanes) is 2. The molecular formula is C18H25N3O4. The van der Waals surface area contributed by atoms with Gasteiger partial charge in [0.05, 0.1) is 19.1 Å². The summed E-state index contributed by atoms with van der Waals surface area (Å²) in [4.78, 5) is 41.3. The molecule has 2 amide bonds. The van der Waals surface area contributed by atoms with Crippen molar-refractivity contribution in [2.45, 2.75) is 38.1 Å². The smallest absolute Gasteiger partial charge is 0.305 e. The molecule has 7 heteroatoms. The van der Waals surface area contributed by atoms with Gasteiger partial charge in [0.25, 0.3) is 0 Å². The minimum absolute atomic E-state index is 0.0351. The third-order valence-electron chi connectivity index (χ3n) is 4.53. The molecule has 0 bridgehead atoms. The van der Waals surface area contributed by atoms with Crippen molar-refractivity contribution in [1.29, 1.82) is 0 Å². The van der Waals surface area contributed by atoms with Crippen molar-refractivity contribution >= 4 is 17.8 Å². The number of pyridine rings is 1. The van der Waals surface area contributed by atoms with Crippen LogP contribution in [0.1, 0.15) is 43.7 Å². The lowest BCUT2D eigenvalue weighted by Gasteiger charge is -2.24. The maximum absolute atomic E-state index is 12.5. The highest BCUT2D eigenvalue weighted by atomic mass is 16.5. The van der Waals surface area contributed by atoms with Crippen LogP contribution in [0.4, 0.5) is 0 Å². The fourth-order valence-corrected chi connectivity index (χ4v) is 3.13. The molecule has 2 rings (SSSR count). The van der Waals surface area contributed by atoms with Crippen molar-refractivity contribution in [3.05, 3.63) is 30.1 Å². The molecule has 136 valence electrons. The van der Waals surface area contributed by atoms with E-state index < -0.39 is 5.92 Å². The minimum atomic E-state index is -0.406. The summed E-state index contributed by atoms with van der Waals surface area (Å²) in [6, 6.07) is 3.42. The molecular weight excluding hydrogens is 322 g/mol. The number of likely N-dealkylation sites (tertiary alicyclic amines) is 1. The quantitative estimate of drug-likeness (QED) is 0.568. The Morgan fingerprint density at radius 1 is 1.36 bits per heavy atom. The molecule has 0 radical (unpaired) electrons. The summed E-state index contributed by atoms with van der Waals surface area (Å²) < 4.78 is 4.59. The molecule has 1 fully saturated rings. The van der Waals surface area contributed by atoms with E-state index in [-0.39, 0.29) is 30.2 Å². The second-order valence-electron chi connectivity index (χ2n) is 6.22. The number of amides is 2. The zero-order valence-electron chi connectivity index (χ0n) is 14.7. The van der Waals surface area contributed by atoms with E-state index in [2.05, 4.69) is 15.0 Å². The number of aromatic nitrogens is 1. The van der Waals surface area contributed by atoms with Gasteiger partial charge in [-0.05, 0) is 24.5 Å². The zero-order valence-corrected chi connectivity index (χ0v) is 14.7. The molecule has 0 unspecified atom stereocenters. The molecule has 0 spiro atoms. The SMILES string of the molecule is COC(=O)CCCCCNC(=O)[C@H]1CC(=O)N(C)[C@H]1c1cccnc1. The number of methoxy groups -OCH3 is 1. The summed E-state index contributed by atoms with van der Waals surface area (Å²) in [6.07, 6.45) is 6.35. The van der Waals surface area contributed by atoms with E-state index in [4.69, 9.17) is 0 Å². The molecule has 1 aliphatic rings. The van der Waals surface area contributed by atoms with Crippen molar-refractivity contribution in [1.82, 2.24) is 15.2 Å². The second-order valence-corrected chi connectivity index (χ2v) is 6.22. The Balaban J connectivity index is 1.83. The Labute approximate surface area is 147 Å². The number of hydrogen-bond donors (Lipinski definition) is 1. The summed E-state index contributed by atoms with van der Waals surface area (Å²) in [5.74, 6) is -0.765. The second kappa shape index (κ2) is 9.15. The van der Waals surface area contributed by atoms with Crippen LogP contribution in [0.3, 0.4) is 0 Å². The Morgan fingerprint density at radius 3 is 2.84 bits per heavy atom. The van der Waals surface area contributed by atoms with Gasteiger partial charge in [0.15, 0.2) is 0 Å². The van der Waals surface area contributed by atoms with Crippen LogP contribution >= 0.6 is 0 Å². The molecule has 1 aromatic rings. The van der Waals surface area contributed by atoms with Crippen LogP contribution in [0.2, 0.25) is 0 Å². The van der Waals surface area contributed by atoms with Gasteiger partial charge in [0.1, 0.15) is 0 Å². The molecule has 1 saturated heterocycles. The molecule has 2 atom stereocenters. The number of ether oxygens (including phenoxy) is 1. The van der Waals surface area contributed by atoms with Gasteiger partial charge in [0.2, 0.25) is 11.8 Å². The molecule has 25 heavy (non-hydrogen) atoms. The molecule has 2 heterocycles. The summed E-state index contributed by atoms with van der Waals surface area (Å²) in [5, 5.41) is 2.91. The third kappa shape index (κ3) is 5.01. The van der Waals surface area contributed by atoms with Crippen molar-refractivity contribution in [2.24, 2.45) is 5.92 Å². The fourth-order valence-electron chi connectivity index (χ4n) is 3.13. The molecule has 0 aliphatic carbocycles. The number of carbonyl (C=O) groups excluding carboxylic acids is 3. The van der Waals surface area contributed by atoms with Gasteiger partial charge >= 0.3 is 5.97 Å². The van der Waals surface area contributed by atoms with E-state index in [9.17, 15) is 14.4 Å². The predicted molar refractivity (Wildman–Crippen MR) is 91.3 cm³/mol. The summed E-state index contributed by atoms with van der Waals surface area (Å²) in [5.41, 5.74) is 0.870. The highest BCUT2D eigenvalue weighted by molar-refractivity contribution is 5.90. The van der Waals surface area contributed by atoms with E-state index in [1.54, 1.807) is 24.3 Å². The molecule has 0 aromatic carbocycles. The van der Waals surface area contributed by atoms with Crippen LogP contribution in [-0.4, -0.2) is 48.4 Å². The van der Waals surface area contributed by atoms with E-state index >= 15 is 0 Å². The first-order chi connectivity index (χ1) is 12.0. The topological polar surface area (TPSA) is 88.6 Å². The highest BCUT2D eigenvalue weighted by Crippen LogP contribution is 2.36. The first-order valence-corrected chi connectivity index (χ1v) is 8.54. The Hall–Kier alpha value is -2.44. The van der Waals surface area contributed by atoms with Gasteiger partial charge in [-0.25, -0.2) is 0 Å². The van der Waals surface area contributed by atoms with Gasteiger partial charge in [-0.2, -0.15) is 0 Å². The van der Waals surface area contributed by atoms with E-state index in [0.717, 1.165) is 24.8 Å². The molecule has 1 N–H and O–H groups in total. The van der Waals surface area contributed by atoms with Crippen LogP contribution in [-0.2, 0) is 19.1 Å². The normalized spacial score (nSPS) is 19.8. The number of nitrogens with zero attached hydrogens (tertiary/aromatic N) is 2. The van der Waals surface area contributed by atoms with E-state index in [1.807, 2.05) is 12.1 Å². The number of nitrogens with one attached hydrogen (secondary N) is 1. The van der Waals surface area contributed by atoms with Gasteiger partial charge in [-0.3, -0.25) is 19.4 Å². The van der Waals surface area contributed by atoms with Crippen LogP contribution < -0.4 is 5.32 Å². The average molecular weight is 347 g/mol. The molecule has 1 aromatic heterocycles. The summed E-state index contributed by atoms with van der Waals surface area (Å²) >= 11 is 0. The van der Waals surface area contributed by atoms with Crippen LogP contribution in [0.25, 0.3) is 0 Å². The number of carbonyl (C=O) groups is 3. The first-order valence-electron chi connectivity index (χ1n) is 8.54. The largest absolute Gasteiger partial charge is 0.469 e. The van der Waals surface area contributed by atoms with Crippen LogP contribution in [0.5, 0.6) is 0 Å². The van der Waals surface area contributed by atoms with Crippen molar-refractivity contribution in [2.75, 3.05) is 20.7 Å². The fraction of sp³-hybridized carbons (Fsp3) is 0.556. The lowest BCUT2D eigenvalue weighted by atomic mass is 9.94. The Bertz CT molecular complexity index is 606. The van der Waals surface area contributed by atoms with Gasteiger partial charge in [-0.1, -0.05) is 12.5 Å². The monoisotopic (exact) mass is 347 g/mol. The van der Waals surface area contributed by atoms with E-state index in [1.165, 1.54) is 7.11 Å². The lowest BCUT2D eigenvalue weighted by Crippen LogP contribution is -2.35. The molecule has 1 aliphatic heterocycles. The van der Waals surface area contributed by atoms with Crippen molar-refractivity contribution in [3.8, 4) is 0 Å². The van der Waals surface area contributed by atoms with Gasteiger partial charge in [-0.15, -0.1) is 0 Å². The van der Waals surface area contributed by atoms with Crippen LogP contribution in [0, 0.1) is 5.92 Å². The van der Waals surface area contributed by atoms with E-state index in [0.29, 0.717) is 13.0 Å². The summed E-state index contributed by atoms with van der Waals surface area (Å²) in [7, 11) is 3.10. The minimum Gasteiger partial charge on any atom is -0.469 e. The highest BCUT2D eigenvalue weighted by Gasteiger charge is 2.42. The van der Waals surface area contributed by atoms with Crippen molar-refractivity contribution < 1.29 is 19.1 Å². The average Bonchev–Trinajstić information content (AvgIpc) is 2.93. The standard InChI is InChI=1S/C18H25N3O4/c1-21-15(22)11-14(17(21)13-7-6-9-19-12-13)18(24)20-10-5-3-4-8-16(23)25-2/h6-7,9,12,14,17H,3-5,8,10-11H2,1-2H3,(H,20,24)/t14-,17-/m0/s1. The van der Waals surface area contributed by atoms with Gasteiger partial charge < -0.3 is 15.0 Å². The Morgan fingerprint density at radius 2 is 2.16 bits per heavy atom. The predicted octanol–water partition coefficient (Wildman–Crippen LogP) is 1.45. The van der Waals surface area contributed by atoms with Gasteiger partial charge in [0, 0.05) is 38.8 Å². The zero-order chi connectivity index (χ0) is 18.2. The number of hydrogen-bond acceptors (Lipinski definition) is 5. The van der Waals surface area contributed by atoms with Crippen molar-refractivity contribution in [3.63, 3.8) is 0 Å². The number of rotatable bonds is 8. The first kappa shape index (κ1) is 18.9. The van der Waals surface area contributed by atoms with Crippen LogP contribution in [0.15, 0.2) is 24.5 Å². The third-order valence-corrected chi connectivity index (χ3v) is 4.53. The summed E-state index contributed by atoms with van der Waals surface area (Å²) in [6.45, 7) is 0.536. The molecule has 0 saturated carbocycles. The lowest BCUT2D eigenvalue weighted by molar-refractivity contribution is -0.140. The molecule has 7 nitrogen and oxygen atoms in total. The maximum atomic E-state index is 12.5. The number of esters is 1.